The van der Waals surface area contributed by atoms with Crippen molar-refractivity contribution in [1.29, 1.82) is 5.26 Å². The molecule has 0 bridgehead atoms. The number of nitrogens with zero attached hydrogens (tertiary/aromatic N) is 1. The monoisotopic (exact) mass is 308 g/mol. The fraction of sp³-hybridized carbons (Fsp3) is 0.316. The number of nitriles is 1. The second-order valence-corrected chi connectivity index (χ2v) is 6.36. The molecule has 0 aromatic heterocycles. The number of aliphatic hydroxyl groups excluding tert-OH is 1. The maximum Gasteiger partial charge on any atom is 0.131 e. The summed E-state index contributed by atoms with van der Waals surface area (Å²) in [6, 6.07) is 17.2. The average Bonchev–Trinajstić information content (AvgIpc) is 2.56. The van der Waals surface area contributed by atoms with Gasteiger partial charge in [-0.15, -0.1) is 0 Å². The van der Waals surface area contributed by atoms with Gasteiger partial charge in [0.1, 0.15) is 17.5 Å². The number of rotatable bonds is 3. The summed E-state index contributed by atoms with van der Waals surface area (Å²) < 4.78 is 5.91. The van der Waals surface area contributed by atoms with Gasteiger partial charge in [0.2, 0.25) is 0 Å². The lowest BCUT2D eigenvalue weighted by atomic mass is 9.86. The third kappa shape index (κ3) is 3.07. The van der Waals surface area contributed by atoms with E-state index in [0.717, 1.165) is 11.1 Å². The van der Waals surface area contributed by atoms with Gasteiger partial charge in [0.15, 0.2) is 0 Å². The van der Waals surface area contributed by atoms with Crippen LogP contribution in [0.5, 0.6) is 5.75 Å². The first-order chi connectivity index (χ1) is 11.0. The minimum Gasteiger partial charge on any atom is -0.485 e. The number of nitrogens with one attached hydrogen (secondary N) is 1. The molecule has 2 aromatic carbocycles. The van der Waals surface area contributed by atoms with E-state index in [1.54, 1.807) is 18.2 Å². The smallest absolute Gasteiger partial charge is 0.131 e. The fourth-order valence-electron chi connectivity index (χ4n) is 2.91. The van der Waals surface area contributed by atoms with Crippen molar-refractivity contribution in [3.05, 3.63) is 65.2 Å². The zero-order valence-electron chi connectivity index (χ0n) is 13.3. The van der Waals surface area contributed by atoms with E-state index < -0.39 is 11.7 Å². The van der Waals surface area contributed by atoms with Crippen LogP contribution in [0, 0.1) is 11.3 Å². The molecule has 2 aromatic rings. The van der Waals surface area contributed by atoms with Crippen LogP contribution in [0.2, 0.25) is 0 Å². The third-order valence-electron chi connectivity index (χ3n) is 4.24. The molecule has 1 heterocycles. The highest BCUT2D eigenvalue weighted by molar-refractivity contribution is 5.46. The van der Waals surface area contributed by atoms with Crippen LogP contribution >= 0.6 is 0 Å². The van der Waals surface area contributed by atoms with Crippen LogP contribution in [0.25, 0.3) is 0 Å². The van der Waals surface area contributed by atoms with E-state index in [1.165, 1.54) is 0 Å². The molecule has 0 spiro atoms. The van der Waals surface area contributed by atoms with E-state index in [4.69, 9.17) is 10.00 Å². The number of hydrogen-bond acceptors (Lipinski definition) is 4. The second-order valence-electron chi connectivity index (χ2n) is 6.36. The van der Waals surface area contributed by atoms with E-state index in [0.29, 0.717) is 17.9 Å². The van der Waals surface area contributed by atoms with E-state index in [2.05, 4.69) is 11.4 Å². The normalized spacial score (nSPS) is 21.8. The van der Waals surface area contributed by atoms with E-state index >= 15 is 0 Å². The van der Waals surface area contributed by atoms with Gasteiger partial charge in [0.05, 0.1) is 17.7 Å². The third-order valence-corrected chi connectivity index (χ3v) is 4.24. The van der Waals surface area contributed by atoms with Gasteiger partial charge in [0.25, 0.3) is 0 Å². The molecule has 0 saturated carbocycles. The Morgan fingerprint density at radius 3 is 2.65 bits per heavy atom. The van der Waals surface area contributed by atoms with Crippen molar-refractivity contribution in [1.82, 2.24) is 5.32 Å². The van der Waals surface area contributed by atoms with Crippen molar-refractivity contribution in [3.8, 4) is 11.8 Å². The number of aliphatic hydroxyl groups is 1. The van der Waals surface area contributed by atoms with Crippen LogP contribution in [0.3, 0.4) is 0 Å². The first-order valence-corrected chi connectivity index (χ1v) is 7.70. The SMILES string of the molecule is CC1(C)Oc2ccc(C#N)cc2[C@H](NCc2ccccc2)[C@H]1O. The van der Waals surface area contributed by atoms with Gasteiger partial charge in [0, 0.05) is 12.1 Å². The average molecular weight is 308 g/mol. The molecular weight excluding hydrogens is 288 g/mol. The Labute approximate surface area is 136 Å². The van der Waals surface area contributed by atoms with Crippen molar-refractivity contribution in [2.75, 3.05) is 0 Å². The molecule has 2 atom stereocenters. The zero-order valence-corrected chi connectivity index (χ0v) is 13.3. The summed E-state index contributed by atoms with van der Waals surface area (Å²) in [6.07, 6.45) is -0.715. The Morgan fingerprint density at radius 1 is 1.22 bits per heavy atom. The molecule has 1 aliphatic heterocycles. The fourth-order valence-corrected chi connectivity index (χ4v) is 2.91. The van der Waals surface area contributed by atoms with Crippen LogP contribution in [0.1, 0.15) is 36.6 Å². The Kier molecular flexibility index (Phi) is 4.08. The molecule has 23 heavy (non-hydrogen) atoms. The summed E-state index contributed by atoms with van der Waals surface area (Å²) in [4.78, 5) is 0. The van der Waals surface area contributed by atoms with Crippen LogP contribution in [-0.2, 0) is 6.54 Å². The predicted octanol–water partition coefficient (Wildman–Crippen LogP) is 2.92. The first kappa shape index (κ1) is 15.5. The topological polar surface area (TPSA) is 65.3 Å². The lowest BCUT2D eigenvalue weighted by molar-refractivity contribution is -0.0649. The van der Waals surface area contributed by atoms with Gasteiger partial charge in [-0.3, -0.25) is 0 Å². The van der Waals surface area contributed by atoms with Gasteiger partial charge in [-0.25, -0.2) is 0 Å². The molecule has 0 aliphatic carbocycles. The molecule has 0 saturated heterocycles. The minimum absolute atomic E-state index is 0.290. The van der Waals surface area contributed by atoms with Gasteiger partial charge in [-0.05, 0) is 37.6 Å². The number of fused-ring (bicyclic) bond motifs is 1. The molecule has 4 nitrogen and oxygen atoms in total. The Morgan fingerprint density at radius 2 is 1.96 bits per heavy atom. The summed E-state index contributed by atoms with van der Waals surface area (Å²) in [7, 11) is 0. The Bertz CT molecular complexity index is 735. The van der Waals surface area contributed by atoms with Gasteiger partial charge < -0.3 is 15.2 Å². The number of benzene rings is 2. The van der Waals surface area contributed by atoms with Gasteiger partial charge in [-0.2, -0.15) is 5.26 Å². The van der Waals surface area contributed by atoms with Crippen molar-refractivity contribution in [2.24, 2.45) is 0 Å². The van der Waals surface area contributed by atoms with E-state index in [1.807, 2.05) is 44.2 Å². The summed E-state index contributed by atoms with van der Waals surface area (Å²) >= 11 is 0. The molecule has 0 amide bonds. The molecule has 4 heteroatoms. The molecular formula is C19H20N2O2. The maximum absolute atomic E-state index is 10.7. The summed E-state index contributed by atoms with van der Waals surface area (Å²) in [6.45, 7) is 4.38. The molecule has 2 N–H and O–H groups in total. The Hall–Kier alpha value is -2.35. The zero-order chi connectivity index (χ0) is 16.4. The van der Waals surface area contributed by atoms with Crippen molar-refractivity contribution in [3.63, 3.8) is 0 Å². The van der Waals surface area contributed by atoms with Gasteiger partial charge >= 0.3 is 0 Å². The first-order valence-electron chi connectivity index (χ1n) is 7.70. The second kappa shape index (κ2) is 6.04. The lowest BCUT2D eigenvalue weighted by Crippen LogP contribution is -2.52. The summed E-state index contributed by atoms with van der Waals surface area (Å²) in [5, 5.41) is 23.3. The maximum atomic E-state index is 10.7. The van der Waals surface area contributed by atoms with E-state index in [9.17, 15) is 5.11 Å². The predicted molar refractivity (Wildman–Crippen MR) is 87.9 cm³/mol. The van der Waals surface area contributed by atoms with Gasteiger partial charge in [-0.1, -0.05) is 30.3 Å². The summed E-state index contributed by atoms with van der Waals surface area (Å²) in [5.74, 6) is 0.713. The van der Waals surface area contributed by atoms with Crippen molar-refractivity contribution < 1.29 is 9.84 Å². The standard InChI is InChI=1S/C19H20N2O2/c1-19(2)18(22)17(21-12-13-6-4-3-5-7-13)15-10-14(11-20)8-9-16(15)23-19/h3-10,17-18,21-22H,12H2,1-2H3/t17-,18+/m0/s1. The van der Waals surface area contributed by atoms with Crippen LogP contribution in [-0.4, -0.2) is 16.8 Å². The number of hydrogen-bond donors (Lipinski definition) is 2. The molecule has 3 rings (SSSR count). The molecule has 118 valence electrons. The lowest BCUT2D eigenvalue weighted by Gasteiger charge is -2.42. The quantitative estimate of drug-likeness (QED) is 0.915. The Balaban J connectivity index is 1.92. The van der Waals surface area contributed by atoms with Crippen LogP contribution in [0.15, 0.2) is 48.5 Å². The molecule has 0 radical (unpaired) electrons. The van der Waals surface area contributed by atoms with Crippen LogP contribution in [0.4, 0.5) is 0 Å². The highest BCUT2D eigenvalue weighted by Gasteiger charge is 2.42. The highest BCUT2D eigenvalue weighted by atomic mass is 16.5. The van der Waals surface area contributed by atoms with Crippen LogP contribution < -0.4 is 10.1 Å². The molecule has 0 fully saturated rings. The largest absolute Gasteiger partial charge is 0.485 e. The van der Waals surface area contributed by atoms with Crippen molar-refractivity contribution in [2.45, 2.75) is 38.1 Å². The number of ether oxygens (including phenoxy) is 1. The molecule has 1 aliphatic rings. The minimum atomic E-state index is -0.715. The molecule has 0 unspecified atom stereocenters. The highest BCUT2D eigenvalue weighted by Crippen LogP contribution is 2.40. The summed E-state index contributed by atoms with van der Waals surface area (Å²) in [5.41, 5.74) is 1.83. The van der Waals surface area contributed by atoms with E-state index in [-0.39, 0.29) is 6.04 Å². The van der Waals surface area contributed by atoms with Crippen molar-refractivity contribution >= 4 is 0 Å².